The van der Waals surface area contributed by atoms with Crippen LogP contribution in [0.15, 0.2) is 65.2 Å². The van der Waals surface area contributed by atoms with E-state index < -0.39 is 0 Å². The van der Waals surface area contributed by atoms with Crippen LogP contribution >= 0.6 is 12.0 Å². The van der Waals surface area contributed by atoms with Crippen molar-refractivity contribution < 1.29 is 23.2 Å². The van der Waals surface area contributed by atoms with Crippen LogP contribution in [0.4, 0.5) is 5.69 Å². The second-order valence-electron chi connectivity index (χ2n) is 6.79. The van der Waals surface area contributed by atoms with Crippen LogP contribution in [0.5, 0.6) is 5.75 Å². The van der Waals surface area contributed by atoms with Crippen molar-refractivity contribution in [2.24, 2.45) is 4.99 Å². The maximum absolute atomic E-state index is 12.5. The van der Waals surface area contributed by atoms with Gasteiger partial charge in [-0.2, -0.15) is 0 Å². The zero-order valence-corrected chi connectivity index (χ0v) is 18.4. The van der Waals surface area contributed by atoms with Gasteiger partial charge in [0.2, 0.25) is 0 Å². The first kappa shape index (κ1) is 22.7. The van der Waals surface area contributed by atoms with Crippen molar-refractivity contribution in [2.45, 2.75) is 31.9 Å². The molecule has 7 nitrogen and oxygen atoms in total. The first-order valence-electron chi connectivity index (χ1n) is 9.91. The minimum Gasteiger partial charge on any atom is -0.496 e. The number of hydrogen-bond donors (Lipinski definition) is 1. The number of methoxy groups -OCH3 is 1. The average Bonchev–Trinajstić information content (AvgIpc) is 3.01. The first-order valence-corrected chi connectivity index (χ1v) is 10.7. The molecule has 1 aliphatic heterocycles. The molecule has 164 valence electrons. The van der Waals surface area contributed by atoms with Crippen molar-refractivity contribution in [3.05, 3.63) is 65.8 Å². The molecule has 2 unspecified atom stereocenters. The van der Waals surface area contributed by atoms with Gasteiger partial charge in [0.05, 0.1) is 18.7 Å². The van der Waals surface area contributed by atoms with Crippen LogP contribution in [0.25, 0.3) is 5.76 Å². The topological polar surface area (TPSA) is 78.4 Å². The number of nitrogens with one attached hydrogen (secondary N) is 1. The number of carbonyl (C=O) groups excluding carboxylic acids is 1. The van der Waals surface area contributed by atoms with Gasteiger partial charge in [0.25, 0.3) is 5.91 Å². The summed E-state index contributed by atoms with van der Waals surface area (Å²) in [6, 6.07) is 5.39. The van der Waals surface area contributed by atoms with Gasteiger partial charge in [-0.3, -0.25) is 14.0 Å². The smallest absolute Gasteiger partial charge is 0.262 e. The summed E-state index contributed by atoms with van der Waals surface area (Å²) in [7, 11) is 1.57. The number of carbonyl (C=O) groups is 1. The molecule has 1 aromatic carbocycles. The van der Waals surface area contributed by atoms with E-state index in [0.717, 1.165) is 30.4 Å². The first-order chi connectivity index (χ1) is 15.1. The summed E-state index contributed by atoms with van der Waals surface area (Å²) in [4.78, 5) is 16.6. The third-order valence-corrected chi connectivity index (χ3v) is 4.94. The molecule has 0 saturated heterocycles. The highest BCUT2D eigenvalue weighted by Gasteiger charge is 2.18. The van der Waals surface area contributed by atoms with Gasteiger partial charge in [-0.15, -0.1) is 0 Å². The SMILES string of the molecule is C=CSOC1C=CCCC=C1OCC(=O)Nc1ccc(C2=CC(C)N=CO2)c(OC)c1. The van der Waals surface area contributed by atoms with E-state index in [9.17, 15) is 4.79 Å². The summed E-state index contributed by atoms with van der Waals surface area (Å²) >= 11 is 1.14. The molecule has 3 rings (SSSR count). The van der Waals surface area contributed by atoms with Crippen LogP contribution in [-0.4, -0.2) is 38.2 Å². The van der Waals surface area contributed by atoms with E-state index in [-0.39, 0.29) is 24.7 Å². The van der Waals surface area contributed by atoms with E-state index >= 15 is 0 Å². The molecule has 0 fully saturated rings. The molecule has 0 spiro atoms. The molecular formula is C23H26N2O5S. The summed E-state index contributed by atoms with van der Waals surface area (Å²) in [5.74, 6) is 1.58. The molecule has 31 heavy (non-hydrogen) atoms. The molecule has 1 N–H and O–H groups in total. The monoisotopic (exact) mass is 442 g/mol. The van der Waals surface area contributed by atoms with E-state index in [2.05, 4.69) is 16.9 Å². The van der Waals surface area contributed by atoms with E-state index in [1.54, 1.807) is 24.7 Å². The fourth-order valence-electron chi connectivity index (χ4n) is 3.03. The van der Waals surface area contributed by atoms with Gasteiger partial charge in [0.15, 0.2) is 13.0 Å². The molecule has 1 heterocycles. The van der Waals surface area contributed by atoms with E-state index in [4.69, 9.17) is 18.4 Å². The van der Waals surface area contributed by atoms with Crippen LogP contribution in [0.3, 0.4) is 0 Å². The van der Waals surface area contributed by atoms with Gasteiger partial charge in [-0.25, -0.2) is 0 Å². The molecule has 2 aliphatic rings. The lowest BCUT2D eigenvalue weighted by atomic mass is 10.1. The van der Waals surface area contributed by atoms with Crippen molar-refractivity contribution in [3.63, 3.8) is 0 Å². The minimum absolute atomic E-state index is 0.0239. The van der Waals surface area contributed by atoms with Gasteiger partial charge in [-0.05, 0) is 49.5 Å². The number of hydrogen-bond acceptors (Lipinski definition) is 7. The Bertz CT molecular complexity index is 923. The summed E-state index contributed by atoms with van der Waals surface area (Å²) in [6.07, 6.45) is 10.6. The molecule has 0 bridgehead atoms. The number of amides is 1. The lowest BCUT2D eigenvalue weighted by molar-refractivity contribution is -0.119. The van der Waals surface area contributed by atoms with Crippen molar-refractivity contribution in [2.75, 3.05) is 19.0 Å². The van der Waals surface area contributed by atoms with Crippen LogP contribution < -0.4 is 10.1 Å². The van der Waals surface area contributed by atoms with Crippen LogP contribution in [-0.2, 0) is 18.5 Å². The number of anilines is 1. The molecule has 8 heteroatoms. The van der Waals surface area contributed by atoms with E-state index in [0.29, 0.717) is 23.0 Å². The number of aliphatic imine (C=N–C) groups is 1. The van der Waals surface area contributed by atoms with Crippen LogP contribution in [0, 0.1) is 0 Å². The van der Waals surface area contributed by atoms with Crippen molar-refractivity contribution in [1.29, 1.82) is 0 Å². The molecular weight excluding hydrogens is 416 g/mol. The van der Waals surface area contributed by atoms with Gasteiger partial charge in [0.1, 0.15) is 23.4 Å². The fourth-order valence-corrected chi connectivity index (χ4v) is 3.39. The maximum Gasteiger partial charge on any atom is 0.262 e. The molecule has 0 saturated carbocycles. The Morgan fingerprint density at radius 1 is 1.42 bits per heavy atom. The van der Waals surface area contributed by atoms with Crippen molar-refractivity contribution >= 4 is 35.8 Å². The number of ether oxygens (including phenoxy) is 3. The zero-order chi connectivity index (χ0) is 22.1. The molecule has 1 aliphatic carbocycles. The lowest BCUT2D eigenvalue weighted by Crippen LogP contribution is -2.21. The Morgan fingerprint density at radius 2 is 2.29 bits per heavy atom. The minimum atomic E-state index is -0.354. The van der Waals surface area contributed by atoms with Crippen LogP contribution in [0.2, 0.25) is 0 Å². The molecule has 0 radical (unpaired) electrons. The Hall–Kier alpha value is -2.97. The summed E-state index contributed by atoms with van der Waals surface area (Å²) in [6.45, 7) is 5.46. The molecule has 2 atom stereocenters. The standard InChI is InChI=1S/C23H26N2O5S/c1-4-31-30-20-9-7-5-6-8-19(20)28-14-23(26)25-17-10-11-18(21(13-17)27-3)22-12-16(2)24-15-29-22/h4,7-13,15-16,20H,1,5-6,14H2,2-3H3,(H,25,26). The number of nitrogens with zero attached hydrogens (tertiary/aromatic N) is 1. The van der Waals surface area contributed by atoms with E-state index in [1.165, 1.54) is 6.40 Å². The van der Waals surface area contributed by atoms with Crippen molar-refractivity contribution in [1.82, 2.24) is 0 Å². The third-order valence-electron chi connectivity index (χ3n) is 4.49. The molecule has 0 aromatic heterocycles. The zero-order valence-electron chi connectivity index (χ0n) is 17.6. The fraction of sp³-hybridized carbons (Fsp3) is 0.304. The highest BCUT2D eigenvalue weighted by atomic mass is 32.2. The maximum atomic E-state index is 12.5. The summed E-state index contributed by atoms with van der Waals surface area (Å²) in [5, 5.41) is 4.43. The number of allylic oxidation sites excluding steroid dienone is 2. The normalized spacial score (nSPS) is 20.1. The summed E-state index contributed by atoms with van der Waals surface area (Å²) in [5.41, 5.74) is 1.38. The number of benzene rings is 1. The predicted octanol–water partition coefficient (Wildman–Crippen LogP) is 4.85. The lowest BCUT2D eigenvalue weighted by Gasteiger charge is -2.18. The number of rotatable bonds is 9. The predicted molar refractivity (Wildman–Crippen MR) is 124 cm³/mol. The Balaban J connectivity index is 1.62. The quantitative estimate of drug-likeness (QED) is 0.435. The van der Waals surface area contributed by atoms with Gasteiger partial charge < -0.3 is 19.5 Å². The Morgan fingerprint density at radius 3 is 3.06 bits per heavy atom. The summed E-state index contributed by atoms with van der Waals surface area (Å²) < 4.78 is 22.4. The average molecular weight is 443 g/mol. The second kappa shape index (κ2) is 11.4. The highest BCUT2D eigenvalue weighted by Crippen LogP contribution is 2.31. The Kier molecular flexibility index (Phi) is 8.37. The van der Waals surface area contributed by atoms with Crippen LogP contribution in [0.1, 0.15) is 25.3 Å². The molecule has 1 amide bonds. The second-order valence-corrected chi connectivity index (χ2v) is 7.51. The van der Waals surface area contributed by atoms with Gasteiger partial charge >= 0.3 is 0 Å². The Labute approximate surface area is 186 Å². The highest BCUT2D eigenvalue weighted by molar-refractivity contribution is 7.97. The third kappa shape index (κ3) is 6.50. The molecule has 1 aromatic rings. The van der Waals surface area contributed by atoms with Gasteiger partial charge in [-0.1, -0.05) is 18.7 Å². The van der Waals surface area contributed by atoms with E-state index in [1.807, 2.05) is 37.3 Å². The van der Waals surface area contributed by atoms with Gasteiger partial charge in [0, 0.05) is 23.8 Å². The largest absolute Gasteiger partial charge is 0.496 e. The van der Waals surface area contributed by atoms with Crippen molar-refractivity contribution in [3.8, 4) is 5.75 Å².